The maximum atomic E-state index is 12.2. The molecule has 1 aromatic rings. The van der Waals surface area contributed by atoms with Crippen LogP contribution >= 0.6 is 0 Å². The zero-order valence-corrected chi connectivity index (χ0v) is 15.0. The van der Waals surface area contributed by atoms with Crippen LogP contribution in [0.1, 0.15) is 36.8 Å². The standard InChI is InChI=1S/C18H25N3O2S/c1-20(24(22,23)18-6-7-18)13-17-8-10-21(11-9-17)14-16-4-2-15(12-19)3-5-16/h2-5,17-18H,6-11,13-14H2,1H3. The molecule has 0 amide bonds. The fourth-order valence-electron chi connectivity index (χ4n) is 3.36. The quantitative estimate of drug-likeness (QED) is 0.791. The zero-order valence-electron chi connectivity index (χ0n) is 14.2. The molecule has 0 spiro atoms. The molecule has 130 valence electrons. The van der Waals surface area contributed by atoms with Gasteiger partial charge in [0.25, 0.3) is 0 Å². The van der Waals surface area contributed by atoms with E-state index in [4.69, 9.17) is 5.26 Å². The molecule has 6 heteroatoms. The molecule has 1 saturated carbocycles. The molecule has 2 aliphatic rings. The highest BCUT2D eigenvalue weighted by atomic mass is 32.2. The first-order valence-corrected chi connectivity index (χ1v) is 10.2. The third-order valence-corrected chi connectivity index (χ3v) is 7.42. The molecule has 0 aromatic heterocycles. The summed E-state index contributed by atoms with van der Waals surface area (Å²) in [6.45, 7) is 3.56. The number of nitriles is 1. The highest BCUT2D eigenvalue weighted by molar-refractivity contribution is 7.90. The van der Waals surface area contributed by atoms with Gasteiger partial charge in [0, 0.05) is 20.1 Å². The largest absolute Gasteiger partial charge is 0.299 e. The van der Waals surface area contributed by atoms with E-state index in [2.05, 4.69) is 11.0 Å². The molecular weight excluding hydrogens is 322 g/mol. The van der Waals surface area contributed by atoms with Crippen molar-refractivity contribution in [3.05, 3.63) is 35.4 Å². The smallest absolute Gasteiger partial charge is 0.216 e. The number of likely N-dealkylation sites (tertiary alicyclic amines) is 1. The summed E-state index contributed by atoms with van der Waals surface area (Å²) in [4.78, 5) is 2.41. The first-order valence-electron chi connectivity index (χ1n) is 8.65. The number of hydrogen-bond acceptors (Lipinski definition) is 4. The number of nitrogens with zero attached hydrogens (tertiary/aromatic N) is 3. The number of hydrogen-bond donors (Lipinski definition) is 0. The van der Waals surface area contributed by atoms with Crippen molar-refractivity contribution >= 4 is 10.0 Å². The van der Waals surface area contributed by atoms with E-state index in [1.165, 1.54) is 5.56 Å². The van der Waals surface area contributed by atoms with Crippen LogP contribution in [0.25, 0.3) is 0 Å². The average Bonchev–Trinajstić information content (AvgIpc) is 3.43. The van der Waals surface area contributed by atoms with Gasteiger partial charge in [-0.3, -0.25) is 4.90 Å². The molecular formula is C18H25N3O2S. The second-order valence-corrected chi connectivity index (χ2v) is 9.37. The summed E-state index contributed by atoms with van der Waals surface area (Å²) in [6, 6.07) is 9.89. The van der Waals surface area contributed by atoms with Gasteiger partial charge >= 0.3 is 0 Å². The van der Waals surface area contributed by atoms with E-state index >= 15 is 0 Å². The summed E-state index contributed by atoms with van der Waals surface area (Å²) < 4.78 is 26.0. The van der Waals surface area contributed by atoms with Gasteiger partial charge < -0.3 is 0 Å². The van der Waals surface area contributed by atoms with Crippen LogP contribution in [0.5, 0.6) is 0 Å². The second-order valence-electron chi connectivity index (χ2n) is 7.05. The molecule has 2 fully saturated rings. The van der Waals surface area contributed by atoms with Crippen LogP contribution < -0.4 is 0 Å². The SMILES string of the molecule is CN(CC1CCN(Cc2ccc(C#N)cc2)CC1)S(=O)(=O)C1CC1. The highest BCUT2D eigenvalue weighted by Gasteiger charge is 2.39. The Labute approximate surface area is 144 Å². The molecule has 3 rings (SSSR count). The van der Waals surface area contributed by atoms with Crippen molar-refractivity contribution in [3.8, 4) is 6.07 Å². The molecule has 1 saturated heterocycles. The van der Waals surface area contributed by atoms with E-state index in [1.807, 2.05) is 24.3 Å². The fraction of sp³-hybridized carbons (Fsp3) is 0.611. The monoisotopic (exact) mass is 347 g/mol. The second kappa shape index (κ2) is 7.22. The lowest BCUT2D eigenvalue weighted by molar-refractivity contribution is 0.166. The Morgan fingerprint density at radius 2 is 1.79 bits per heavy atom. The number of rotatable bonds is 6. The minimum absolute atomic E-state index is 0.112. The van der Waals surface area contributed by atoms with Gasteiger partial charge in [-0.05, 0) is 62.4 Å². The van der Waals surface area contributed by atoms with E-state index in [-0.39, 0.29) is 5.25 Å². The predicted octanol–water partition coefficient (Wildman–Crippen LogP) is 2.19. The molecule has 0 atom stereocenters. The minimum atomic E-state index is -3.04. The van der Waals surface area contributed by atoms with Crippen LogP contribution in [-0.2, 0) is 16.6 Å². The van der Waals surface area contributed by atoms with E-state index in [9.17, 15) is 8.42 Å². The Balaban J connectivity index is 1.46. The normalized spacial score (nSPS) is 20.2. The molecule has 1 aliphatic heterocycles. The first kappa shape index (κ1) is 17.4. The van der Waals surface area contributed by atoms with Gasteiger partial charge in [0.05, 0.1) is 16.9 Å². The van der Waals surface area contributed by atoms with Gasteiger partial charge in [-0.25, -0.2) is 12.7 Å². The van der Waals surface area contributed by atoms with Crippen molar-refractivity contribution in [1.29, 1.82) is 5.26 Å². The Morgan fingerprint density at radius 1 is 1.17 bits per heavy atom. The van der Waals surface area contributed by atoms with Crippen LogP contribution in [0.3, 0.4) is 0 Å². The summed E-state index contributed by atoms with van der Waals surface area (Å²) in [5.74, 6) is 0.459. The van der Waals surface area contributed by atoms with E-state index in [0.29, 0.717) is 18.0 Å². The Kier molecular flexibility index (Phi) is 5.24. The van der Waals surface area contributed by atoms with E-state index in [0.717, 1.165) is 45.3 Å². The fourth-order valence-corrected chi connectivity index (χ4v) is 5.02. The maximum Gasteiger partial charge on any atom is 0.216 e. The molecule has 0 unspecified atom stereocenters. The van der Waals surface area contributed by atoms with Crippen molar-refractivity contribution in [1.82, 2.24) is 9.21 Å². The molecule has 1 heterocycles. The zero-order chi connectivity index (χ0) is 17.2. The Hall–Kier alpha value is -1.42. The summed E-state index contributed by atoms with van der Waals surface area (Å²) >= 11 is 0. The van der Waals surface area contributed by atoms with E-state index < -0.39 is 10.0 Å². The van der Waals surface area contributed by atoms with Crippen molar-refractivity contribution in [2.75, 3.05) is 26.7 Å². The van der Waals surface area contributed by atoms with Crippen molar-refractivity contribution in [2.24, 2.45) is 5.92 Å². The van der Waals surface area contributed by atoms with Gasteiger partial charge in [0.1, 0.15) is 0 Å². The molecule has 24 heavy (non-hydrogen) atoms. The minimum Gasteiger partial charge on any atom is -0.299 e. The van der Waals surface area contributed by atoms with Gasteiger partial charge in [0.2, 0.25) is 10.0 Å². The third-order valence-electron chi connectivity index (χ3n) is 5.09. The van der Waals surface area contributed by atoms with E-state index in [1.54, 1.807) is 11.4 Å². The molecule has 0 bridgehead atoms. The van der Waals surface area contributed by atoms with Crippen molar-refractivity contribution in [2.45, 2.75) is 37.5 Å². The van der Waals surface area contributed by atoms with Crippen LogP contribution in [0.2, 0.25) is 0 Å². The summed E-state index contributed by atoms with van der Waals surface area (Å²) in [6.07, 6.45) is 3.74. The lowest BCUT2D eigenvalue weighted by atomic mass is 9.96. The Morgan fingerprint density at radius 3 is 2.33 bits per heavy atom. The molecule has 1 aromatic carbocycles. The van der Waals surface area contributed by atoms with Crippen molar-refractivity contribution in [3.63, 3.8) is 0 Å². The summed E-state index contributed by atoms with van der Waals surface area (Å²) in [7, 11) is -1.31. The number of sulfonamides is 1. The van der Waals surface area contributed by atoms with Gasteiger partial charge in [-0.2, -0.15) is 5.26 Å². The van der Waals surface area contributed by atoms with Gasteiger partial charge in [-0.1, -0.05) is 12.1 Å². The lowest BCUT2D eigenvalue weighted by Crippen LogP contribution is -2.40. The number of benzene rings is 1. The van der Waals surface area contributed by atoms with Crippen LogP contribution in [0.15, 0.2) is 24.3 Å². The van der Waals surface area contributed by atoms with Crippen LogP contribution in [0, 0.1) is 17.2 Å². The van der Waals surface area contributed by atoms with Gasteiger partial charge in [0.15, 0.2) is 0 Å². The molecule has 1 aliphatic carbocycles. The van der Waals surface area contributed by atoms with Gasteiger partial charge in [-0.15, -0.1) is 0 Å². The predicted molar refractivity (Wildman–Crippen MR) is 93.7 cm³/mol. The average molecular weight is 347 g/mol. The number of piperidine rings is 1. The Bertz CT molecular complexity index is 697. The lowest BCUT2D eigenvalue weighted by Gasteiger charge is -2.33. The summed E-state index contributed by atoms with van der Waals surface area (Å²) in [5.41, 5.74) is 1.92. The molecule has 0 radical (unpaired) electrons. The topological polar surface area (TPSA) is 64.4 Å². The molecule has 0 N–H and O–H groups in total. The summed E-state index contributed by atoms with van der Waals surface area (Å²) in [5, 5.41) is 8.73. The third kappa shape index (κ3) is 4.15. The maximum absolute atomic E-state index is 12.2. The first-order chi connectivity index (χ1) is 11.5. The van der Waals surface area contributed by atoms with Crippen molar-refractivity contribution < 1.29 is 8.42 Å². The van der Waals surface area contributed by atoms with Crippen LogP contribution in [-0.4, -0.2) is 49.6 Å². The molecule has 5 nitrogen and oxygen atoms in total. The highest BCUT2D eigenvalue weighted by Crippen LogP contribution is 2.31. The van der Waals surface area contributed by atoms with Crippen LogP contribution in [0.4, 0.5) is 0 Å².